The van der Waals surface area contributed by atoms with E-state index in [0.29, 0.717) is 11.8 Å². The van der Waals surface area contributed by atoms with Crippen LogP contribution >= 0.6 is 0 Å². The molecule has 1 aromatic rings. The van der Waals surface area contributed by atoms with Crippen LogP contribution in [0.4, 0.5) is 5.69 Å². The van der Waals surface area contributed by atoms with Crippen molar-refractivity contribution in [1.82, 2.24) is 0 Å². The molecule has 0 radical (unpaired) electrons. The molecule has 0 aliphatic carbocycles. The monoisotopic (exact) mass is 269 g/mol. The fraction of sp³-hybridized carbons (Fsp3) is 0.100. The van der Waals surface area contributed by atoms with E-state index in [9.17, 15) is 15.0 Å². The van der Waals surface area contributed by atoms with Gasteiger partial charge in [0.05, 0.1) is 0 Å². The van der Waals surface area contributed by atoms with Crippen LogP contribution in [0.5, 0.6) is 0 Å². The van der Waals surface area contributed by atoms with Gasteiger partial charge in [0.1, 0.15) is 0 Å². The summed E-state index contributed by atoms with van der Waals surface area (Å²) in [4.78, 5) is 12.4. The maximum Gasteiger partial charge on any atom is 1.00 e. The predicted molar refractivity (Wildman–Crippen MR) is 47.9 cm³/mol. The van der Waals surface area contributed by atoms with Crippen LogP contribution in [0.2, 0.25) is 0 Å². The van der Waals surface area contributed by atoms with Gasteiger partial charge in [-0.15, -0.1) is 0 Å². The molecule has 6 heteroatoms. The summed E-state index contributed by atoms with van der Waals surface area (Å²) in [6, 6.07) is 8.75. The van der Waals surface area contributed by atoms with Crippen LogP contribution in [-0.4, -0.2) is 13.0 Å². The largest absolute Gasteiger partial charge is 1.00 e. The van der Waals surface area contributed by atoms with E-state index in [1.807, 2.05) is 6.07 Å². The first-order valence-electron chi connectivity index (χ1n) is 3.99. The number of amides is 1. The van der Waals surface area contributed by atoms with E-state index in [1.165, 1.54) is 11.9 Å². The summed E-state index contributed by atoms with van der Waals surface area (Å²) < 4.78 is 0. The van der Waals surface area contributed by atoms with Gasteiger partial charge in [-0.1, -0.05) is 18.2 Å². The fourth-order valence-electron chi connectivity index (χ4n) is 0.976. The summed E-state index contributed by atoms with van der Waals surface area (Å²) >= 11 is 0. The smallest absolute Gasteiger partial charge is 0.884 e. The summed E-state index contributed by atoms with van der Waals surface area (Å²) in [5.41, 5.74) is 0.634. The SMILES string of the molecule is CN(C(=O)C=C([O-])[O-])c1ccccc1.[K+].[K+]. The van der Waals surface area contributed by atoms with Crippen molar-refractivity contribution < 1.29 is 118 Å². The van der Waals surface area contributed by atoms with Crippen molar-refractivity contribution in [3.8, 4) is 0 Å². The van der Waals surface area contributed by atoms with Gasteiger partial charge < -0.3 is 15.1 Å². The first-order valence-corrected chi connectivity index (χ1v) is 3.99. The van der Waals surface area contributed by atoms with Gasteiger partial charge in [-0.2, -0.15) is 5.95 Å². The average molecular weight is 269 g/mol. The quantitative estimate of drug-likeness (QED) is 0.304. The molecule has 0 fully saturated rings. The van der Waals surface area contributed by atoms with Crippen molar-refractivity contribution in [3.05, 3.63) is 42.4 Å². The summed E-state index contributed by atoms with van der Waals surface area (Å²) in [7, 11) is 1.50. The number of carbonyl (C=O) groups excluding carboxylic acids is 1. The first-order chi connectivity index (χ1) is 6.61. The van der Waals surface area contributed by atoms with E-state index in [1.54, 1.807) is 24.3 Å². The molecule has 4 nitrogen and oxygen atoms in total. The number of likely N-dealkylation sites (N-methyl/N-ethyl adjacent to an activating group) is 1. The molecule has 0 N–H and O–H groups in total. The molecule has 0 aromatic heterocycles. The molecule has 0 saturated heterocycles. The molecule has 0 aliphatic rings. The van der Waals surface area contributed by atoms with E-state index in [4.69, 9.17) is 0 Å². The van der Waals surface area contributed by atoms with E-state index < -0.39 is 11.9 Å². The zero-order valence-electron chi connectivity index (χ0n) is 9.64. The third kappa shape index (κ3) is 6.90. The second-order valence-electron chi connectivity index (χ2n) is 2.70. The van der Waals surface area contributed by atoms with Crippen molar-refractivity contribution in [2.75, 3.05) is 11.9 Å². The van der Waals surface area contributed by atoms with Gasteiger partial charge in [-0.05, 0) is 18.2 Å². The molecule has 0 heterocycles. The Morgan fingerprint density at radius 1 is 1.19 bits per heavy atom. The molecule has 0 aliphatic heterocycles. The number of anilines is 1. The minimum atomic E-state index is -1.49. The molecule has 0 saturated carbocycles. The number of hydrogen-bond acceptors (Lipinski definition) is 3. The molecule has 1 rings (SSSR count). The maximum atomic E-state index is 11.2. The van der Waals surface area contributed by atoms with Gasteiger partial charge in [-0.25, -0.2) is 0 Å². The van der Waals surface area contributed by atoms with Gasteiger partial charge in [0.25, 0.3) is 0 Å². The van der Waals surface area contributed by atoms with Crippen molar-refractivity contribution in [1.29, 1.82) is 0 Å². The molecule has 1 aromatic carbocycles. The van der Waals surface area contributed by atoms with E-state index >= 15 is 0 Å². The summed E-state index contributed by atoms with van der Waals surface area (Å²) in [6.45, 7) is 0. The van der Waals surface area contributed by atoms with Crippen LogP contribution in [0.25, 0.3) is 0 Å². The molecular weight excluding hydrogens is 260 g/mol. The third-order valence-corrected chi connectivity index (χ3v) is 1.72. The van der Waals surface area contributed by atoms with Crippen LogP contribution in [-0.2, 0) is 4.79 Å². The maximum absolute atomic E-state index is 11.2. The van der Waals surface area contributed by atoms with Gasteiger partial charge >= 0.3 is 103 Å². The zero-order chi connectivity index (χ0) is 10.6. The second-order valence-corrected chi connectivity index (χ2v) is 2.70. The Hall–Kier alpha value is 1.30. The summed E-state index contributed by atoms with van der Waals surface area (Å²) in [6.07, 6.45) is 0.521. The average Bonchev–Trinajstić information content (AvgIpc) is 2.17. The standard InChI is InChI=1S/C10H11NO3.2K/c1-11(9(12)7-10(13)14)8-5-3-2-4-6-8;;/h2-7,13-14H,1H3;;/q;2*+1/p-2. The van der Waals surface area contributed by atoms with E-state index in [0.717, 1.165) is 0 Å². The fourth-order valence-corrected chi connectivity index (χ4v) is 0.976. The van der Waals surface area contributed by atoms with Crippen LogP contribution in [0.1, 0.15) is 0 Å². The molecule has 1 amide bonds. The second kappa shape index (κ2) is 10.2. The Bertz CT molecular complexity index is 350. The topological polar surface area (TPSA) is 66.4 Å². The Morgan fingerprint density at radius 3 is 2.12 bits per heavy atom. The van der Waals surface area contributed by atoms with Crippen molar-refractivity contribution in [2.45, 2.75) is 0 Å². The number of hydrogen-bond donors (Lipinski definition) is 0. The Kier molecular flexibility index (Phi) is 12.6. The normalized spacial score (nSPS) is 8.06. The Balaban J connectivity index is 0. The molecular formula is C10H9K2NO3. The Labute approximate surface area is 180 Å². The molecule has 0 atom stereocenters. The van der Waals surface area contributed by atoms with Crippen molar-refractivity contribution in [3.63, 3.8) is 0 Å². The zero-order valence-corrected chi connectivity index (χ0v) is 15.9. The molecule has 0 bridgehead atoms. The molecule has 74 valence electrons. The van der Waals surface area contributed by atoms with Crippen molar-refractivity contribution in [2.24, 2.45) is 0 Å². The molecule has 0 spiro atoms. The number of para-hydroxylation sites is 1. The Morgan fingerprint density at radius 2 is 1.69 bits per heavy atom. The van der Waals surface area contributed by atoms with Crippen LogP contribution in [0.3, 0.4) is 0 Å². The molecule has 16 heavy (non-hydrogen) atoms. The van der Waals surface area contributed by atoms with Crippen LogP contribution in [0.15, 0.2) is 42.4 Å². The first kappa shape index (κ1) is 19.6. The minimum Gasteiger partial charge on any atom is -0.884 e. The number of carbonyl (C=O) groups is 1. The number of benzene rings is 1. The van der Waals surface area contributed by atoms with Gasteiger partial charge in [0.15, 0.2) is 0 Å². The summed E-state index contributed by atoms with van der Waals surface area (Å²) in [5, 5.41) is 20.3. The number of nitrogens with zero attached hydrogens (tertiary/aromatic N) is 1. The summed E-state index contributed by atoms with van der Waals surface area (Å²) in [5.74, 6) is -2.10. The third-order valence-electron chi connectivity index (χ3n) is 1.72. The van der Waals surface area contributed by atoms with E-state index in [-0.39, 0.29) is 103 Å². The van der Waals surface area contributed by atoms with Crippen LogP contribution < -0.4 is 118 Å². The minimum absolute atomic E-state index is 0. The van der Waals surface area contributed by atoms with Gasteiger partial charge in [-0.3, -0.25) is 4.79 Å². The number of rotatable bonds is 2. The molecule has 0 unspecified atom stereocenters. The van der Waals surface area contributed by atoms with Crippen molar-refractivity contribution >= 4 is 11.6 Å². The van der Waals surface area contributed by atoms with Gasteiger partial charge in [0.2, 0.25) is 5.91 Å². The van der Waals surface area contributed by atoms with Crippen LogP contribution in [0, 0.1) is 0 Å². The van der Waals surface area contributed by atoms with E-state index in [2.05, 4.69) is 0 Å². The van der Waals surface area contributed by atoms with Gasteiger partial charge in [0, 0.05) is 12.7 Å². The predicted octanol–water partition coefficient (Wildman–Crippen LogP) is -6.78.